The molecule has 3 rings (SSSR count). The van der Waals surface area contributed by atoms with E-state index < -0.39 is 12.1 Å². The second-order valence-corrected chi connectivity index (χ2v) is 6.00. The molecule has 0 fully saturated rings. The summed E-state index contributed by atoms with van der Waals surface area (Å²) in [6.45, 7) is 1.44. The maximum atomic E-state index is 12.1. The van der Waals surface area contributed by atoms with Crippen LogP contribution in [-0.4, -0.2) is 29.3 Å². The van der Waals surface area contributed by atoms with E-state index in [1.807, 2.05) is 0 Å². The van der Waals surface area contributed by atoms with Crippen LogP contribution in [0.3, 0.4) is 0 Å². The minimum absolute atomic E-state index is 0.148. The van der Waals surface area contributed by atoms with Crippen molar-refractivity contribution >= 4 is 17.6 Å². The lowest BCUT2D eigenvalue weighted by molar-refractivity contribution is -0.153. The van der Waals surface area contributed by atoms with Gasteiger partial charge in [-0.15, -0.1) is 0 Å². The molecule has 140 valence electrons. The lowest BCUT2D eigenvalue weighted by Crippen LogP contribution is -2.26. The number of rotatable bonds is 7. The Kier molecular flexibility index (Phi) is 5.93. The summed E-state index contributed by atoms with van der Waals surface area (Å²) in [5, 5.41) is 4.40. The molecule has 2 aromatic carbocycles. The molecule has 1 atom stereocenters. The molecule has 8 heteroatoms. The second kappa shape index (κ2) is 8.55. The predicted molar refractivity (Wildman–Crippen MR) is 97.6 cm³/mol. The van der Waals surface area contributed by atoms with Crippen molar-refractivity contribution in [2.24, 2.45) is 0 Å². The normalized spacial score (nSPS) is 11.7. The number of methoxy groups -OCH3 is 1. The fraction of sp³-hybridized carbons (Fsp3) is 0.211. The van der Waals surface area contributed by atoms with Crippen molar-refractivity contribution in [1.29, 1.82) is 0 Å². The summed E-state index contributed by atoms with van der Waals surface area (Å²) in [5.74, 6) is 1.23. The first kappa shape index (κ1) is 18.7. The number of ether oxygens (including phenoxy) is 3. The van der Waals surface area contributed by atoms with Crippen LogP contribution >= 0.6 is 11.6 Å². The van der Waals surface area contributed by atoms with Crippen LogP contribution in [0.25, 0.3) is 11.4 Å². The Hall–Kier alpha value is -3.06. The maximum absolute atomic E-state index is 12.1. The first-order valence-electron chi connectivity index (χ1n) is 8.11. The highest BCUT2D eigenvalue weighted by Crippen LogP contribution is 2.21. The summed E-state index contributed by atoms with van der Waals surface area (Å²) in [4.78, 5) is 16.3. The van der Waals surface area contributed by atoms with Gasteiger partial charge in [0.05, 0.1) is 7.11 Å². The van der Waals surface area contributed by atoms with E-state index in [0.29, 0.717) is 16.6 Å². The molecule has 0 spiro atoms. The molecule has 3 aromatic rings. The van der Waals surface area contributed by atoms with Crippen molar-refractivity contribution in [3.8, 4) is 22.9 Å². The van der Waals surface area contributed by atoms with Crippen LogP contribution in [0.1, 0.15) is 12.8 Å². The monoisotopic (exact) mass is 388 g/mol. The van der Waals surface area contributed by atoms with Crippen molar-refractivity contribution in [3.05, 3.63) is 59.4 Å². The molecule has 0 aliphatic carbocycles. The molecule has 27 heavy (non-hydrogen) atoms. The van der Waals surface area contributed by atoms with E-state index in [9.17, 15) is 4.79 Å². The highest BCUT2D eigenvalue weighted by atomic mass is 35.5. The van der Waals surface area contributed by atoms with Crippen LogP contribution in [0.2, 0.25) is 5.02 Å². The van der Waals surface area contributed by atoms with E-state index in [0.717, 1.165) is 11.3 Å². The van der Waals surface area contributed by atoms with Crippen molar-refractivity contribution in [1.82, 2.24) is 10.1 Å². The lowest BCUT2D eigenvalue weighted by atomic mass is 10.2. The molecule has 7 nitrogen and oxygen atoms in total. The number of nitrogens with zero attached hydrogens (tertiary/aromatic N) is 2. The molecule has 0 saturated heterocycles. The summed E-state index contributed by atoms with van der Waals surface area (Å²) in [6.07, 6.45) is -0.813. The zero-order chi connectivity index (χ0) is 19.2. The summed E-state index contributed by atoms with van der Waals surface area (Å²) in [5.41, 5.74) is 0.759. The van der Waals surface area contributed by atoms with Gasteiger partial charge < -0.3 is 18.7 Å². The minimum atomic E-state index is -0.813. The second-order valence-electron chi connectivity index (χ2n) is 5.57. The Morgan fingerprint density at radius 1 is 1.19 bits per heavy atom. The average Bonchev–Trinajstić information content (AvgIpc) is 3.15. The fourth-order valence-electron chi connectivity index (χ4n) is 2.21. The maximum Gasteiger partial charge on any atom is 0.347 e. The van der Waals surface area contributed by atoms with E-state index in [2.05, 4.69) is 10.1 Å². The summed E-state index contributed by atoms with van der Waals surface area (Å²) in [7, 11) is 1.59. The van der Waals surface area contributed by atoms with Crippen LogP contribution in [0.15, 0.2) is 53.1 Å². The third-order valence-corrected chi connectivity index (χ3v) is 3.83. The Bertz CT molecular complexity index is 910. The Morgan fingerprint density at radius 3 is 2.67 bits per heavy atom. The third kappa shape index (κ3) is 4.98. The molecule has 0 amide bonds. The zero-order valence-corrected chi connectivity index (χ0v) is 15.5. The van der Waals surface area contributed by atoms with E-state index in [4.69, 9.17) is 30.3 Å². The predicted octanol–water partition coefficient (Wildman–Crippen LogP) is 3.91. The van der Waals surface area contributed by atoms with Crippen LogP contribution < -0.4 is 9.47 Å². The molecule has 0 N–H and O–H groups in total. The van der Waals surface area contributed by atoms with Crippen molar-refractivity contribution < 1.29 is 23.5 Å². The van der Waals surface area contributed by atoms with Gasteiger partial charge in [0.1, 0.15) is 11.5 Å². The number of benzene rings is 2. The van der Waals surface area contributed by atoms with Crippen molar-refractivity contribution in [2.45, 2.75) is 19.6 Å². The molecule has 0 bridgehead atoms. The van der Waals surface area contributed by atoms with Crippen LogP contribution in [0.5, 0.6) is 11.5 Å². The van der Waals surface area contributed by atoms with Crippen molar-refractivity contribution in [2.75, 3.05) is 7.11 Å². The molecule has 0 saturated carbocycles. The highest BCUT2D eigenvalue weighted by molar-refractivity contribution is 6.30. The number of carbonyl (C=O) groups excluding carboxylic acids is 1. The quantitative estimate of drug-likeness (QED) is 0.567. The highest BCUT2D eigenvalue weighted by Gasteiger charge is 2.18. The average molecular weight is 389 g/mol. The van der Waals surface area contributed by atoms with Crippen LogP contribution in [0, 0.1) is 0 Å². The number of hydrogen-bond donors (Lipinski definition) is 0. The summed E-state index contributed by atoms with van der Waals surface area (Å²) in [6, 6.07) is 14.0. The van der Waals surface area contributed by atoms with Crippen molar-refractivity contribution in [3.63, 3.8) is 0 Å². The molecular weight excluding hydrogens is 372 g/mol. The smallest absolute Gasteiger partial charge is 0.347 e. The SMILES string of the molecule is COc1ccc(-c2noc(COC(=O)C(C)Oc3cccc(Cl)c3)n2)cc1. The van der Waals surface area contributed by atoms with Crippen LogP contribution in [-0.2, 0) is 16.1 Å². The molecule has 0 aliphatic heterocycles. The first-order valence-corrected chi connectivity index (χ1v) is 8.49. The molecule has 1 heterocycles. The topological polar surface area (TPSA) is 83.7 Å². The van der Waals surface area contributed by atoms with Gasteiger partial charge in [0.2, 0.25) is 5.82 Å². The Balaban J connectivity index is 1.55. The molecule has 1 unspecified atom stereocenters. The fourth-order valence-corrected chi connectivity index (χ4v) is 2.39. The number of aromatic nitrogens is 2. The number of hydrogen-bond acceptors (Lipinski definition) is 7. The van der Waals surface area contributed by atoms with E-state index >= 15 is 0 Å². The van der Waals surface area contributed by atoms with Gasteiger partial charge in [-0.25, -0.2) is 4.79 Å². The number of halogens is 1. The zero-order valence-electron chi connectivity index (χ0n) is 14.7. The van der Waals surface area contributed by atoms with Gasteiger partial charge >= 0.3 is 5.97 Å². The van der Waals surface area contributed by atoms with Crippen LogP contribution in [0.4, 0.5) is 0 Å². The van der Waals surface area contributed by atoms with E-state index in [-0.39, 0.29) is 12.5 Å². The molecule has 0 aliphatic rings. The first-order chi connectivity index (χ1) is 13.0. The molecular formula is C19H17ClN2O5. The minimum Gasteiger partial charge on any atom is -0.497 e. The molecule has 1 aromatic heterocycles. The third-order valence-electron chi connectivity index (χ3n) is 3.60. The van der Waals surface area contributed by atoms with Gasteiger partial charge in [-0.3, -0.25) is 0 Å². The van der Waals surface area contributed by atoms with E-state index in [1.165, 1.54) is 0 Å². The number of esters is 1. The van der Waals surface area contributed by atoms with Gasteiger partial charge in [0.15, 0.2) is 12.7 Å². The van der Waals surface area contributed by atoms with Gasteiger partial charge in [-0.05, 0) is 49.4 Å². The van der Waals surface area contributed by atoms with Gasteiger partial charge in [-0.1, -0.05) is 22.8 Å². The molecule has 0 radical (unpaired) electrons. The van der Waals surface area contributed by atoms with Gasteiger partial charge in [0.25, 0.3) is 5.89 Å². The largest absolute Gasteiger partial charge is 0.497 e. The Labute approximate surface area is 160 Å². The summed E-state index contributed by atoms with van der Waals surface area (Å²) >= 11 is 5.89. The Morgan fingerprint density at radius 2 is 1.96 bits per heavy atom. The lowest BCUT2D eigenvalue weighted by Gasteiger charge is -2.13. The van der Waals surface area contributed by atoms with E-state index in [1.54, 1.807) is 62.6 Å². The van der Waals surface area contributed by atoms with Gasteiger partial charge in [-0.2, -0.15) is 4.98 Å². The van der Waals surface area contributed by atoms with Gasteiger partial charge in [0, 0.05) is 10.6 Å². The summed E-state index contributed by atoms with van der Waals surface area (Å²) < 4.78 is 20.9. The number of carbonyl (C=O) groups is 1. The standard InChI is InChI=1S/C19H17ClN2O5/c1-12(26-16-5-3-4-14(20)10-16)19(23)25-11-17-21-18(22-27-17)13-6-8-15(24-2)9-7-13/h3-10,12H,11H2,1-2H3.